The molecule has 0 radical (unpaired) electrons. The molecule has 0 amide bonds. The number of nitrogens with zero attached hydrogens (tertiary/aromatic N) is 3. The van der Waals surface area contributed by atoms with E-state index in [9.17, 15) is 9.59 Å². The summed E-state index contributed by atoms with van der Waals surface area (Å²) in [6.45, 7) is 23.5. The molecule has 0 spiro atoms. The number of nitrogens with one attached hydrogen (secondary N) is 1. The maximum Gasteiger partial charge on any atom is 0.320 e. The predicted octanol–water partition coefficient (Wildman–Crippen LogP) is 0.661. The van der Waals surface area contributed by atoms with Gasteiger partial charge in [0.2, 0.25) is 0 Å². The van der Waals surface area contributed by atoms with Gasteiger partial charge in [0.1, 0.15) is 17.3 Å². The molecule has 0 saturated carbocycles. The van der Waals surface area contributed by atoms with E-state index < -0.39 is 11.2 Å². The molecule has 0 aromatic rings. The third kappa shape index (κ3) is 23.5. The third-order valence-electron chi connectivity index (χ3n) is 7.08. The quantitative estimate of drug-likeness (QED) is 0.271. The smallest absolute Gasteiger partial charge is 0.320 e. The minimum atomic E-state index is -0.558. The zero-order valence-electron chi connectivity index (χ0n) is 30.1. The zero-order chi connectivity index (χ0) is 34.4. The minimum absolute atomic E-state index is 0.181. The molecule has 2 rings (SSSR count). The van der Waals surface area contributed by atoms with Crippen LogP contribution < -0.4 is 5.32 Å². The normalized spacial score (nSPS) is 22.6. The molecule has 0 aliphatic carbocycles. The van der Waals surface area contributed by atoms with Gasteiger partial charge in [-0.2, -0.15) is 0 Å². The molecule has 2 fully saturated rings. The molecule has 0 bridgehead atoms. The van der Waals surface area contributed by atoms with Gasteiger partial charge in [-0.1, -0.05) is 0 Å². The van der Waals surface area contributed by atoms with E-state index in [1.165, 1.54) is 0 Å². The Bertz CT molecular complexity index is 823. The lowest BCUT2D eigenvalue weighted by Gasteiger charge is -2.32. The van der Waals surface area contributed by atoms with Crippen LogP contribution in [0, 0.1) is 0 Å². The second-order valence-corrected chi connectivity index (χ2v) is 13.8. The van der Waals surface area contributed by atoms with Crippen LogP contribution in [0.15, 0.2) is 0 Å². The van der Waals surface area contributed by atoms with Crippen LogP contribution >= 0.6 is 0 Å². The number of carbonyl (C=O) groups excluding carboxylic acids is 2. The molecule has 2 saturated heterocycles. The van der Waals surface area contributed by atoms with Crippen molar-refractivity contribution in [2.24, 2.45) is 0 Å². The first-order chi connectivity index (χ1) is 22.4. The molecular weight excluding hydrogens is 612 g/mol. The van der Waals surface area contributed by atoms with Crippen LogP contribution in [-0.2, 0) is 47.5 Å². The summed E-state index contributed by atoms with van der Waals surface area (Å²) in [7, 11) is 0. The minimum Gasteiger partial charge on any atom is -0.459 e. The second kappa shape index (κ2) is 23.8. The molecule has 2 aliphatic heterocycles. The summed E-state index contributed by atoms with van der Waals surface area (Å²) >= 11 is 0. The van der Waals surface area contributed by atoms with Gasteiger partial charge in [0, 0.05) is 58.9 Å². The van der Waals surface area contributed by atoms with E-state index in [0.717, 1.165) is 32.7 Å². The van der Waals surface area contributed by atoms with E-state index >= 15 is 0 Å². The van der Waals surface area contributed by atoms with Gasteiger partial charge in [0.15, 0.2) is 0 Å². The molecule has 1 unspecified atom stereocenters. The molecule has 14 heteroatoms. The van der Waals surface area contributed by atoms with Crippen LogP contribution in [0.3, 0.4) is 0 Å². The summed E-state index contributed by atoms with van der Waals surface area (Å²) in [6.07, 6.45) is -0.208. The van der Waals surface area contributed by atoms with Crippen LogP contribution in [0.25, 0.3) is 0 Å². The highest BCUT2D eigenvalue weighted by atomic mass is 16.6. The van der Waals surface area contributed by atoms with Crippen molar-refractivity contribution < 1.29 is 47.5 Å². The first-order valence-electron chi connectivity index (χ1n) is 17.2. The van der Waals surface area contributed by atoms with Gasteiger partial charge >= 0.3 is 11.9 Å². The fraction of sp³-hybridized carbons (Fsp3) is 0.939. The fourth-order valence-electron chi connectivity index (χ4n) is 4.85. The number of esters is 2. The van der Waals surface area contributed by atoms with E-state index in [-0.39, 0.29) is 31.1 Å². The summed E-state index contributed by atoms with van der Waals surface area (Å²) in [5.74, 6) is -0.507. The maximum atomic E-state index is 12.8. The number of rotatable bonds is 9. The molecule has 2 aliphatic rings. The Hall–Kier alpha value is -1.46. The standard InChI is InChI=1S/C33H64N4O10/c1-32(2,3)46-30(38)25-36-10-8-34-7-9-35(11-12-37(14-13-36)26-31(39)47-33(4,5)6)15-16-43-27-29-28-44-22-21-41-18-17-40-19-20-42-23-24-45-29/h29,34H,7-28H2,1-6H3. The van der Waals surface area contributed by atoms with Crippen LogP contribution in [0.1, 0.15) is 41.5 Å². The van der Waals surface area contributed by atoms with Crippen molar-refractivity contribution in [3.05, 3.63) is 0 Å². The fourth-order valence-corrected chi connectivity index (χ4v) is 4.85. The number of ether oxygens (including phenoxy) is 8. The van der Waals surface area contributed by atoms with Crippen molar-refractivity contribution in [2.75, 3.05) is 145 Å². The first-order valence-corrected chi connectivity index (χ1v) is 17.2. The van der Waals surface area contributed by atoms with Crippen LogP contribution in [0.4, 0.5) is 0 Å². The molecule has 276 valence electrons. The SMILES string of the molecule is CC(C)(C)OC(=O)CN1CCNCCN(CCOCC2COCCOCCOCCOCCO2)CCN(CC(=O)OC(C)(C)C)CC1. The Morgan fingerprint density at radius 1 is 0.638 bits per heavy atom. The Morgan fingerprint density at radius 2 is 1.09 bits per heavy atom. The largest absolute Gasteiger partial charge is 0.459 e. The van der Waals surface area contributed by atoms with Crippen LogP contribution in [0.5, 0.6) is 0 Å². The van der Waals surface area contributed by atoms with Crippen molar-refractivity contribution in [1.29, 1.82) is 0 Å². The van der Waals surface area contributed by atoms with Crippen molar-refractivity contribution in [1.82, 2.24) is 20.0 Å². The highest BCUT2D eigenvalue weighted by Crippen LogP contribution is 2.09. The highest BCUT2D eigenvalue weighted by molar-refractivity contribution is 5.72. The van der Waals surface area contributed by atoms with Crippen molar-refractivity contribution >= 4 is 11.9 Å². The van der Waals surface area contributed by atoms with E-state index in [4.69, 9.17) is 37.9 Å². The Labute approximate surface area is 282 Å². The highest BCUT2D eigenvalue weighted by Gasteiger charge is 2.23. The summed E-state index contributed by atoms with van der Waals surface area (Å²) in [5.41, 5.74) is -1.10. The van der Waals surface area contributed by atoms with Crippen LogP contribution in [0.2, 0.25) is 0 Å². The van der Waals surface area contributed by atoms with Gasteiger partial charge in [-0.15, -0.1) is 0 Å². The Morgan fingerprint density at radius 3 is 1.62 bits per heavy atom. The summed E-state index contributed by atoms with van der Waals surface area (Å²) in [6, 6.07) is 0. The predicted molar refractivity (Wildman–Crippen MR) is 178 cm³/mol. The molecule has 47 heavy (non-hydrogen) atoms. The Kier molecular flexibility index (Phi) is 21.1. The van der Waals surface area contributed by atoms with Gasteiger partial charge in [-0.05, 0) is 41.5 Å². The molecule has 14 nitrogen and oxygen atoms in total. The van der Waals surface area contributed by atoms with Gasteiger partial charge in [-0.3, -0.25) is 24.3 Å². The molecular formula is C33H64N4O10. The van der Waals surface area contributed by atoms with Gasteiger partial charge in [0.25, 0.3) is 0 Å². The lowest BCUT2D eigenvalue weighted by molar-refractivity contribution is -0.158. The van der Waals surface area contributed by atoms with Gasteiger partial charge in [-0.25, -0.2) is 0 Å². The molecule has 0 aromatic carbocycles. The monoisotopic (exact) mass is 676 g/mol. The average Bonchev–Trinajstić information content (AvgIpc) is 2.97. The van der Waals surface area contributed by atoms with Gasteiger partial charge < -0.3 is 43.2 Å². The lowest BCUT2D eigenvalue weighted by Crippen LogP contribution is -2.48. The second-order valence-electron chi connectivity index (χ2n) is 13.8. The van der Waals surface area contributed by atoms with E-state index in [2.05, 4.69) is 20.0 Å². The van der Waals surface area contributed by atoms with Crippen molar-refractivity contribution in [3.8, 4) is 0 Å². The summed E-state index contributed by atoms with van der Waals surface area (Å²) in [5, 5.41) is 3.51. The molecule has 0 aromatic heterocycles. The topological polar surface area (TPSA) is 130 Å². The van der Waals surface area contributed by atoms with E-state index in [1.54, 1.807) is 0 Å². The van der Waals surface area contributed by atoms with E-state index in [0.29, 0.717) is 98.9 Å². The van der Waals surface area contributed by atoms with Crippen molar-refractivity contribution in [2.45, 2.75) is 58.8 Å². The van der Waals surface area contributed by atoms with Crippen LogP contribution in [-0.4, -0.2) is 189 Å². The zero-order valence-corrected chi connectivity index (χ0v) is 30.1. The number of carbonyl (C=O) groups is 2. The van der Waals surface area contributed by atoms with Crippen molar-refractivity contribution in [3.63, 3.8) is 0 Å². The summed E-state index contributed by atoms with van der Waals surface area (Å²) in [4.78, 5) is 31.9. The first kappa shape index (κ1) is 41.7. The molecule has 1 N–H and O–H groups in total. The number of hydrogen-bond acceptors (Lipinski definition) is 14. The summed E-state index contributed by atoms with van der Waals surface area (Å²) < 4.78 is 45.6. The third-order valence-corrected chi connectivity index (χ3v) is 7.08. The average molecular weight is 677 g/mol. The number of hydrogen-bond donors (Lipinski definition) is 1. The van der Waals surface area contributed by atoms with E-state index in [1.807, 2.05) is 41.5 Å². The molecule has 1 atom stereocenters. The molecule has 2 heterocycles. The van der Waals surface area contributed by atoms with Gasteiger partial charge in [0.05, 0.1) is 85.8 Å². The lowest BCUT2D eigenvalue weighted by atomic mass is 10.2. The maximum absolute atomic E-state index is 12.8. The Balaban J connectivity index is 1.90.